The number of aromatic nitrogens is 2. The first-order chi connectivity index (χ1) is 11.6. The molecule has 0 aliphatic rings. The monoisotopic (exact) mass is 344 g/mol. The third-order valence-corrected chi connectivity index (χ3v) is 4.45. The van der Waals surface area contributed by atoms with E-state index in [0.29, 0.717) is 10.8 Å². The van der Waals surface area contributed by atoms with Crippen LogP contribution in [0.4, 0.5) is 0 Å². The van der Waals surface area contributed by atoms with Crippen LogP contribution in [-0.2, 0) is 4.74 Å². The van der Waals surface area contributed by atoms with Crippen LogP contribution in [0.5, 0.6) is 5.75 Å². The molecular formula is C17H16N2O4S. The second kappa shape index (κ2) is 6.84. The summed E-state index contributed by atoms with van der Waals surface area (Å²) in [5.74, 6) is 0.970. The highest BCUT2D eigenvalue weighted by Crippen LogP contribution is 2.26. The summed E-state index contributed by atoms with van der Waals surface area (Å²) in [5, 5.41) is 9.83. The van der Waals surface area contributed by atoms with Crippen molar-refractivity contribution in [2.24, 2.45) is 0 Å². The van der Waals surface area contributed by atoms with E-state index in [0.717, 1.165) is 16.9 Å². The highest BCUT2D eigenvalue weighted by atomic mass is 32.1. The van der Waals surface area contributed by atoms with Crippen molar-refractivity contribution in [3.05, 3.63) is 52.0 Å². The molecule has 1 atom stereocenters. The van der Waals surface area contributed by atoms with E-state index in [9.17, 15) is 4.79 Å². The van der Waals surface area contributed by atoms with Crippen molar-refractivity contribution in [1.29, 1.82) is 0 Å². The van der Waals surface area contributed by atoms with Gasteiger partial charge in [0.25, 0.3) is 5.89 Å². The molecule has 3 aromatic rings. The Balaban J connectivity index is 1.72. The van der Waals surface area contributed by atoms with E-state index in [4.69, 9.17) is 13.9 Å². The summed E-state index contributed by atoms with van der Waals surface area (Å²) >= 11 is 1.35. The zero-order valence-corrected chi connectivity index (χ0v) is 14.3. The van der Waals surface area contributed by atoms with Crippen LogP contribution >= 0.6 is 11.3 Å². The quantitative estimate of drug-likeness (QED) is 0.651. The molecule has 1 aromatic carbocycles. The molecule has 124 valence electrons. The lowest BCUT2D eigenvalue weighted by Gasteiger charge is -2.08. The first-order valence-corrected chi connectivity index (χ1v) is 8.19. The molecule has 2 heterocycles. The minimum absolute atomic E-state index is 0.253. The molecule has 24 heavy (non-hydrogen) atoms. The second-order valence-electron chi connectivity index (χ2n) is 5.15. The Labute approximate surface area is 143 Å². The molecule has 0 saturated carbocycles. The fraction of sp³-hybridized carbons (Fsp3) is 0.235. The summed E-state index contributed by atoms with van der Waals surface area (Å²) in [6.45, 7) is 3.57. The SMILES string of the molecule is COc1ccc(-c2nnc([C@@H](C)OC(=O)c3sccc3C)o2)cc1. The number of carbonyl (C=O) groups is 1. The molecule has 0 N–H and O–H groups in total. The largest absolute Gasteiger partial charge is 0.497 e. The number of methoxy groups -OCH3 is 1. The predicted molar refractivity (Wildman–Crippen MR) is 89.2 cm³/mol. The lowest BCUT2D eigenvalue weighted by atomic mass is 10.2. The second-order valence-corrected chi connectivity index (χ2v) is 6.07. The van der Waals surface area contributed by atoms with Gasteiger partial charge in [0.15, 0.2) is 6.10 Å². The third kappa shape index (κ3) is 3.30. The molecule has 2 aromatic heterocycles. The summed E-state index contributed by atoms with van der Waals surface area (Å²) in [4.78, 5) is 12.7. The summed E-state index contributed by atoms with van der Waals surface area (Å²) in [5.41, 5.74) is 1.66. The average molecular weight is 344 g/mol. The van der Waals surface area contributed by atoms with Crippen molar-refractivity contribution < 1.29 is 18.7 Å². The van der Waals surface area contributed by atoms with E-state index in [1.54, 1.807) is 14.0 Å². The van der Waals surface area contributed by atoms with Gasteiger partial charge in [-0.05, 0) is 55.1 Å². The van der Waals surface area contributed by atoms with Crippen LogP contribution in [0.3, 0.4) is 0 Å². The van der Waals surface area contributed by atoms with Gasteiger partial charge in [-0.3, -0.25) is 0 Å². The summed E-state index contributed by atoms with van der Waals surface area (Å²) in [6, 6.07) is 9.13. The molecule has 6 nitrogen and oxygen atoms in total. The standard InChI is InChI=1S/C17H16N2O4S/c1-10-8-9-24-14(10)17(20)22-11(2)15-18-19-16(23-15)12-4-6-13(21-3)7-5-12/h4-9,11H,1-3H3/t11-/m1/s1. The number of hydrogen-bond donors (Lipinski definition) is 0. The van der Waals surface area contributed by atoms with E-state index in [2.05, 4.69) is 10.2 Å². The lowest BCUT2D eigenvalue weighted by molar-refractivity contribution is 0.0285. The maximum atomic E-state index is 12.1. The highest BCUT2D eigenvalue weighted by molar-refractivity contribution is 7.12. The predicted octanol–water partition coefficient (Wildman–Crippen LogP) is 4.03. The van der Waals surface area contributed by atoms with Gasteiger partial charge in [-0.25, -0.2) is 4.79 Å². The Hall–Kier alpha value is -2.67. The normalized spacial score (nSPS) is 12.0. The van der Waals surface area contributed by atoms with Crippen molar-refractivity contribution in [1.82, 2.24) is 10.2 Å². The van der Waals surface area contributed by atoms with Crippen LogP contribution < -0.4 is 4.74 Å². The number of hydrogen-bond acceptors (Lipinski definition) is 7. The molecule has 7 heteroatoms. The maximum absolute atomic E-state index is 12.1. The van der Waals surface area contributed by atoms with Crippen molar-refractivity contribution >= 4 is 17.3 Å². The number of benzene rings is 1. The van der Waals surface area contributed by atoms with Crippen LogP contribution in [0.2, 0.25) is 0 Å². The first-order valence-electron chi connectivity index (χ1n) is 7.31. The Morgan fingerprint density at radius 1 is 1.21 bits per heavy atom. The fourth-order valence-corrected chi connectivity index (χ4v) is 2.90. The van der Waals surface area contributed by atoms with Gasteiger partial charge < -0.3 is 13.9 Å². The summed E-state index contributed by atoms with van der Waals surface area (Å²) in [7, 11) is 1.60. The molecule has 0 amide bonds. The third-order valence-electron chi connectivity index (χ3n) is 3.46. The van der Waals surface area contributed by atoms with E-state index >= 15 is 0 Å². The number of nitrogens with zero attached hydrogens (tertiary/aromatic N) is 2. The molecule has 0 unspecified atom stereocenters. The zero-order chi connectivity index (χ0) is 17.1. The number of thiophene rings is 1. The molecule has 0 fully saturated rings. The number of esters is 1. The maximum Gasteiger partial charge on any atom is 0.349 e. The molecule has 0 saturated heterocycles. The van der Waals surface area contributed by atoms with Gasteiger partial charge in [0.2, 0.25) is 5.89 Å². The summed E-state index contributed by atoms with van der Waals surface area (Å²) < 4.78 is 16.1. The zero-order valence-electron chi connectivity index (χ0n) is 13.5. The van der Waals surface area contributed by atoms with Crippen LogP contribution in [-0.4, -0.2) is 23.3 Å². The smallest absolute Gasteiger partial charge is 0.349 e. The van der Waals surface area contributed by atoms with Gasteiger partial charge in [-0.2, -0.15) is 0 Å². The van der Waals surface area contributed by atoms with Crippen LogP contribution in [0.25, 0.3) is 11.5 Å². The Morgan fingerprint density at radius 3 is 2.58 bits per heavy atom. The van der Waals surface area contributed by atoms with E-state index < -0.39 is 6.10 Å². The molecule has 0 radical (unpaired) electrons. The van der Waals surface area contributed by atoms with E-state index in [1.165, 1.54) is 11.3 Å². The number of rotatable bonds is 5. The van der Waals surface area contributed by atoms with Gasteiger partial charge in [-0.1, -0.05) is 0 Å². The van der Waals surface area contributed by atoms with Crippen molar-refractivity contribution in [2.75, 3.05) is 7.11 Å². The van der Waals surface area contributed by atoms with E-state index in [1.807, 2.05) is 42.6 Å². The molecule has 0 aliphatic heterocycles. The van der Waals surface area contributed by atoms with Crippen LogP contribution in [0, 0.1) is 6.92 Å². The molecular weight excluding hydrogens is 328 g/mol. The molecule has 3 rings (SSSR count). The average Bonchev–Trinajstić information content (AvgIpc) is 3.24. The molecule has 0 bridgehead atoms. The fourth-order valence-electron chi connectivity index (χ4n) is 2.10. The Morgan fingerprint density at radius 2 is 1.96 bits per heavy atom. The highest BCUT2D eigenvalue weighted by Gasteiger charge is 2.21. The van der Waals surface area contributed by atoms with Crippen molar-refractivity contribution in [3.63, 3.8) is 0 Å². The van der Waals surface area contributed by atoms with Gasteiger partial charge in [0.1, 0.15) is 10.6 Å². The Bertz CT molecular complexity index is 838. The van der Waals surface area contributed by atoms with Gasteiger partial charge in [0, 0.05) is 5.56 Å². The van der Waals surface area contributed by atoms with Crippen molar-refractivity contribution in [3.8, 4) is 17.2 Å². The van der Waals surface area contributed by atoms with Gasteiger partial charge in [-0.15, -0.1) is 21.5 Å². The minimum Gasteiger partial charge on any atom is -0.497 e. The molecule has 0 spiro atoms. The van der Waals surface area contributed by atoms with Gasteiger partial charge in [0.05, 0.1) is 7.11 Å². The van der Waals surface area contributed by atoms with Crippen LogP contribution in [0.1, 0.15) is 34.2 Å². The number of aryl methyl sites for hydroxylation is 1. The van der Waals surface area contributed by atoms with Crippen LogP contribution in [0.15, 0.2) is 40.1 Å². The summed E-state index contributed by atoms with van der Waals surface area (Å²) in [6.07, 6.45) is -0.626. The minimum atomic E-state index is -0.626. The van der Waals surface area contributed by atoms with Crippen molar-refractivity contribution in [2.45, 2.75) is 20.0 Å². The number of ether oxygens (including phenoxy) is 2. The lowest BCUT2D eigenvalue weighted by Crippen LogP contribution is -2.09. The van der Waals surface area contributed by atoms with Gasteiger partial charge >= 0.3 is 5.97 Å². The van der Waals surface area contributed by atoms with E-state index in [-0.39, 0.29) is 11.9 Å². The first kappa shape index (κ1) is 16.2. The topological polar surface area (TPSA) is 74.5 Å². The Kier molecular flexibility index (Phi) is 4.61. The number of carbonyl (C=O) groups excluding carboxylic acids is 1. The molecule has 0 aliphatic carbocycles.